The number of nitrogens with zero attached hydrogens (tertiary/aromatic N) is 1. The lowest BCUT2D eigenvalue weighted by Gasteiger charge is -2.16. The van der Waals surface area contributed by atoms with E-state index in [0.29, 0.717) is 0 Å². The van der Waals surface area contributed by atoms with E-state index in [1.54, 1.807) is 0 Å². The number of rotatable bonds is 5. The third kappa shape index (κ3) is 3.10. The molecule has 0 unspecified atom stereocenters. The number of carbonyl (C=O) groups excluding carboxylic acids is 1. The van der Waals surface area contributed by atoms with Crippen molar-refractivity contribution in [2.45, 2.75) is 33.4 Å². The van der Waals surface area contributed by atoms with E-state index in [-0.39, 0.29) is 11.8 Å². The molecular weight excluding hydrogens is 224 g/mol. The van der Waals surface area contributed by atoms with Gasteiger partial charge in [0.2, 0.25) is 5.91 Å². The van der Waals surface area contributed by atoms with Crippen molar-refractivity contribution >= 4 is 5.91 Å². The zero-order valence-corrected chi connectivity index (χ0v) is 11.3. The van der Waals surface area contributed by atoms with Crippen molar-refractivity contribution in [2.24, 2.45) is 5.92 Å². The molecule has 1 amide bonds. The number of benzene rings is 1. The molecule has 0 radical (unpaired) electrons. The van der Waals surface area contributed by atoms with E-state index in [1.165, 1.54) is 11.1 Å². The van der Waals surface area contributed by atoms with Crippen molar-refractivity contribution < 1.29 is 4.79 Å². The van der Waals surface area contributed by atoms with Gasteiger partial charge in [0.25, 0.3) is 0 Å². The fourth-order valence-corrected chi connectivity index (χ4v) is 2.26. The van der Waals surface area contributed by atoms with Crippen LogP contribution < -0.4 is 5.32 Å². The van der Waals surface area contributed by atoms with Crippen LogP contribution in [0.4, 0.5) is 0 Å². The SMILES string of the molecule is CC[C@@H](C)C(=O)NCCN1Cc2ccccc2C1. The Bertz CT molecular complexity index is 392. The van der Waals surface area contributed by atoms with Gasteiger partial charge < -0.3 is 5.32 Å². The maximum absolute atomic E-state index is 11.6. The summed E-state index contributed by atoms with van der Waals surface area (Å²) in [5.41, 5.74) is 2.84. The first-order valence-electron chi connectivity index (χ1n) is 6.77. The summed E-state index contributed by atoms with van der Waals surface area (Å²) in [6, 6.07) is 8.56. The first-order chi connectivity index (χ1) is 8.70. The molecule has 1 aromatic rings. The Kier molecular flexibility index (Phi) is 4.37. The van der Waals surface area contributed by atoms with Crippen molar-refractivity contribution in [3.05, 3.63) is 35.4 Å². The van der Waals surface area contributed by atoms with Crippen molar-refractivity contribution in [1.29, 1.82) is 0 Å². The maximum atomic E-state index is 11.6. The van der Waals surface area contributed by atoms with Crippen LogP contribution in [0.2, 0.25) is 0 Å². The minimum absolute atomic E-state index is 0.126. The molecule has 0 spiro atoms. The van der Waals surface area contributed by atoms with E-state index < -0.39 is 0 Å². The van der Waals surface area contributed by atoms with Crippen LogP contribution in [0, 0.1) is 5.92 Å². The van der Waals surface area contributed by atoms with Crippen molar-refractivity contribution in [2.75, 3.05) is 13.1 Å². The zero-order chi connectivity index (χ0) is 13.0. The molecule has 0 saturated heterocycles. The first-order valence-corrected chi connectivity index (χ1v) is 6.77. The third-order valence-electron chi connectivity index (χ3n) is 3.69. The second-order valence-corrected chi connectivity index (χ2v) is 5.08. The lowest BCUT2D eigenvalue weighted by Crippen LogP contribution is -2.35. The molecule has 0 bridgehead atoms. The van der Waals surface area contributed by atoms with Crippen molar-refractivity contribution in [3.63, 3.8) is 0 Å². The molecule has 0 fully saturated rings. The van der Waals surface area contributed by atoms with Gasteiger partial charge in [0.15, 0.2) is 0 Å². The minimum Gasteiger partial charge on any atom is -0.355 e. The molecule has 0 saturated carbocycles. The van der Waals surface area contributed by atoms with E-state index in [2.05, 4.69) is 34.5 Å². The number of carbonyl (C=O) groups is 1. The van der Waals surface area contributed by atoms with E-state index in [0.717, 1.165) is 32.6 Å². The van der Waals surface area contributed by atoms with Crippen LogP contribution in [-0.4, -0.2) is 23.9 Å². The fraction of sp³-hybridized carbons (Fsp3) is 0.533. The Balaban J connectivity index is 1.73. The predicted octanol–water partition coefficient (Wildman–Crippen LogP) is 2.16. The normalized spacial score (nSPS) is 16.3. The van der Waals surface area contributed by atoms with Gasteiger partial charge in [-0.1, -0.05) is 38.1 Å². The summed E-state index contributed by atoms with van der Waals surface area (Å²) < 4.78 is 0. The smallest absolute Gasteiger partial charge is 0.222 e. The Morgan fingerprint density at radius 1 is 1.33 bits per heavy atom. The van der Waals surface area contributed by atoms with E-state index in [9.17, 15) is 4.79 Å². The Labute approximate surface area is 109 Å². The molecule has 1 heterocycles. The van der Waals surface area contributed by atoms with E-state index >= 15 is 0 Å². The lowest BCUT2D eigenvalue weighted by atomic mass is 10.1. The summed E-state index contributed by atoms with van der Waals surface area (Å²) in [5, 5.41) is 3.01. The van der Waals surface area contributed by atoms with Crippen LogP contribution >= 0.6 is 0 Å². The monoisotopic (exact) mass is 246 g/mol. The van der Waals surface area contributed by atoms with Crippen LogP contribution in [0.3, 0.4) is 0 Å². The molecule has 1 atom stereocenters. The van der Waals surface area contributed by atoms with Gasteiger partial charge in [0.05, 0.1) is 0 Å². The van der Waals surface area contributed by atoms with Crippen LogP contribution in [-0.2, 0) is 17.9 Å². The van der Waals surface area contributed by atoms with Gasteiger partial charge in [-0.15, -0.1) is 0 Å². The van der Waals surface area contributed by atoms with Crippen LogP contribution in [0.25, 0.3) is 0 Å². The number of fused-ring (bicyclic) bond motifs is 1. The number of hydrogen-bond donors (Lipinski definition) is 1. The van der Waals surface area contributed by atoms with Gasteiger partial charge in [-0.25, -0.2) is 0 Å². The summed E-state index contributed by atoms with van der Waals surface area (Å²) in [6.07, 6.45) is 0.904. The Morgan fingerprint density at radius 2 is 1.94 bits per heavy atom. The average Bonchev–Trinajstić information content (AvgIpc) is 2.80. The number of hydrogen-bond acceptors (Lipinski definition) is 2. The highest BCUT2D eigenvalue weighted by atomic mass is 16.1. The molecule has 1 N–H and O–H groups in total. The van der Waals surface area contributed by atoms with Crippen molar-refractivity contribution in [1.82, 2.24) is 10.2 Å². The van der Waals surface area contributed by atoms with Crippen LogP contribution in [0.15, 0.2) is 24.3 Å². The molecule has 0 aliphatic carbocycles. The Hall–Kier alpha value is -1.35. The molecule has 3 nitrogen and oxygen atoms in total. The van der Waals surface area contributed by atoms with Gasteiger partial charge >= 0.3 is 0 Å². The van der Waals surface area contributed by atoms with Gasteiger partial charge in [-0.3, -0.25) is 9.69 Å². The summed E-state index contributed by atoms with van der Waals surface area (Å²) in [4.78, 5) is 14.0. The maximum Gasteiger partial charge on any atom is 0.222 e. The highest BCUT2D eigenvalue weighted by Gasteiger charge is 2.18. The number of nitrogens with one attached hydrogen (secondary N) is 1. The molecular formula is C15H22N2O. The van der Waals surface area contributed by atoms with Gasteiger partial charge in [0.1, 0.15) is 0 Å². The quantitative estimate of drug-likeness (QED) is 0.863. The number of amides is 1. The van der Waals surface area contributed by atoms with E-state index in [4.69, 9.17) is 0 Å². The standard InChI is InChI=1S/C15H22N2O/c1-3-12(2)15(18)16-8-9-17-10-13-6-4-5-7-14(13)11-17/h4-7,12H,3,8-11H2,1-2H3,(H,16,18)/t12-/m1/s1. The van der Waals surface area contributed by atoms with Crippen LogP contribution in [0.1, 0.15) is 31.4 Å². The summed E-state index contributed by atoms with van der Waals surface area (Å²) >= 11 is 0. The topological polar surface area (TPSA) is 32.3 Å². The van der Waals surface area contributed by atoms with Crippen LogP contribution in [0.5, 0.6) is 0 Å². The summed E-state index contributed by atoms with van der Waals surface area (Å²) in [6.45, 7) is 7.71. The first kappa shape index (κ1) is 13.1. The van der Waals surface area contributed by atoms with Gasteiger partial charge in [-0.2, -0.15) is 0 Å². The predicted molar refractivity (Wildman–Crippen MR) is 73.0 cm³/mol. The van der Waals surface area contributed by atoms with E-state index in [1.807, 2.05) is 13.8 Å². The molecule has 18 heavy (non-hydrogen) atoms. The minimum atomic E-state index is 0.126. The molecule has 2 rings (SSSR count). The summed E-state index contributed by atoms with van der Waals surface area (Å²) in [5.74, 6) is 0.301. The Morgan fingerprint density at radius 3 is 2.50 bits per heavy atom. The molecule has 0 aromatic heterocycles. The second kappa shape index (κ2) is 6.01. The molecule has 98 valence electrons. The third-order valence-corrected chi connectivity index (χ3v) is 3.69. The average molecular weight is 246 g/mol. The van der Waals surface area contributed by atoms with Gasteiger partial charge in [0, 0.05) is 32.1 Å². The van der Waals surface area contributed by atoms with Crippen molar-refractivity contribution in [3.8, 4) is 0 Å². The molecule has 3 heteroatoms. The molecule has 1 aliphatic heterocycles. The molecule has 1 aromatic carbocycles. The fourth-order valence-electron chi connectivity index (χ4n) is 2.26. The molecule has 1 aliphatic rings. The highest BCUT2D eigenvalue weighted by Crippen LogP contribution is 2.21. The largest absolute Gasteiger partial charge is 0.355 e. The lowest BCUT2D eigenvalue weighted by molar-refractivity contribution is -0.124. The second-order valence-electron chi connectivity index (χ2n) is 5.08. The summed E-state index contributed by atoms with van der Waals surface area (Å²) in [7, 11) is 0. The zero-order valence-electron chi connectivity index (χ0n) is 11.3. The van der Waals surface area contributed by atoms with Gasteiger partial charge in [-0.05, 0) is 17.5 Å². The highest BCUT2D eigenvalue weighted by molar-refractivity contribution is 5.78.